The third kappa shape index (κ3) is 2.02. The largest absolute Gasteiger partial charge is 0.397 e. The van der Waals surface area contributed by atoms with Crippen molar-refractivity contribution in [1.29, 1.82) is 0 Å². The molecule has 0 spiro atoms. The van der Waals surface area contributed by atoms with E-state index >= 15 is 0 Å². The van der Waals surface area contributed by atoms with Crippen molar-refractivity contribution in [3.63, 3.8) is 0 Å². The number of fused-ring (bicyclic) bond motifs is 2. The smallest absolute Gasteiger partial charge is 0.124 e. The molecule has 0 aliphatic heterocycles. The number of hydrogen-bond acceptors (Lipinski definition) is 4. The third-order valence-electron chi connectivity index (χ3n) is 3.79. The van der Waals surface area contributed by atoms with Crippen LogP contribution in [0.15, 0.2) is 60.8 Å². The fraction of sp³-hybridized carbons (Fsp3) is 0. The Labute approximate surface area is 127 Å². The van der Waals surface area contributed by atoms with Crippen LogP contribution in [0.5, 0.6) is 0 Å². The van der Waals surface area contributed by atoms with Gasteiger partial charge in [0.1, 0.15) is 5.82 Å². The minimum absolute atomic E-state index is 0.531. The fourth-order valence-corrected chi connectivity index (χ4v) is 2.66. The lowest BCUT2D eigenvalue weighted by Crippen LogP contribution is -1.91. The van der Waals surface area contributed by atoms with Gasteiger partial charge in [-0.2, -0.15) is 0 Å². The van der Waals surface area contributed by atoms with E-state index in [1.54, 1.807) is 0 Å². The molecule has 22 heavy (non-hydrogen) atoms. The van der Waals surface area contributed by atoms with Crippen LogP contribution in [-0.4, -0.2) is 9.97 Å². The molecule has 4 aromatic rings. The van der Waals surface area contributed by atoms with Crippen molar-refractivity contribution >= 4 is 33.3 Å². The number of hydrogen-bond donors (Lipinski definition) is 2. The Balaban J connectivity index is 1.89. The summed E-state index contributed by atoms with van der Waals surface area (Å²) in [7, 11) is 0. The van der Waals surface area contributed by atoms with E-state index in [4.69, 9.17) is 11.5 Å². The number of nitrogen functional groups attached to an aromatic ring is 2. The maximum atomic E-state index is 5.95. The van der Waals surface area contributed by atoms with Crippen molar-refractivity contribution in [2.45, 2.75) is 0 Å². The number of anilines is 2. The average Bonchev–Trinajstić information content (AvgIpc) is 2.54. The number of rotatable bonds is 1. The number of nitrogens with two attached hydrogens (primary N) is 2. The van der Waals surface area contributed by atoms with Gasteiger partial charge in [-0.25, -0.2) is 4.98 Å². The highest BCUT2D eigenvalue weighted by Crippen LogP contribution is 2.27. The number of nitrogens with zero attached hydrogens (tertiary/aromatic N) is 2. The van der Waals surface area contributed by atoms with Gasteiger partial charge in [0.05, 0.1) is 16.7 Å². The molecule has 106 valence electrons. The van der Waals surface area contributed by atoms with E-state index in [1.165, 1.54) is 0 Å². The molecule has 4 nitrogen and oxygen atoms in total. The molecule has 2 aromatic heterocycles. The van der Waals surface area contributed by atoms with Crippen molar-refractivity contribution < 1.29 is 0 Å². The SMILES string of the molecule is Nc1ccc2cc(-c3cnc4c(N)cccc4c3)ccc2n1. The van der Waals surface area contributed by atoms with Crippen molar-refractivity contribution in [3.05, 3.63) is 60.8 Å². The van der Waals surface area contributed by atoms with Crippen LogP contribution in [-0.2, 0) is 0 Å². The van der Waals surface area contributed by atoms with Gasteiger partial charge in [0.25, 0.3) is 0 Å². The predicted molar refractivity (Wildman–Crippen MR) is 91.3 cm³/mol. The quantitative estimate of drug-likeness (QED) is 0.524. The van der Waals surface area contributed by atoms with Crippen molar-refractivity contribution in [1.82, 2.24) is 9.97 Å². The van der Waals surface area contributed by atoms with E-state index in [0.29, 0.717) is 11.5 Å². The average molecular weight is 286 g/mol. The summed E-state index contributed by atoms with van der Waals surface area (Å²) in [5, 5.41) is 2.09. The van der Waals surface area contributed by atoms with Gasteiger partial charge in [0.2, 0.25) is 0 Å². The first-order valence-electron chi connectivity index (χ1n) is 7.02. The van der Waals surface area contributed by atoms with Crippen LogP contribution >= 0.6 is 0 Å². The molecule has 0 saturated carbocycles. The lowest BCUT2D eigenvalue weighted by Gasteiger charge is -2.07. The summed E-state index contributed by atoms with van der Waals surface area (Å²) in [6, 6.07) is 17.8. The summed E-state index contributed by atoms with van der Waals surface area (Å²) >= 11 is 0. The Morgan fingerprint density at radius 2 is 1.64 bits per heavy atom. The first-order valence-corrected chi connectivity index (χ1v) is 7.02. The summed E-state index contributed by atoms with van der Waals surface area (Å²) in [6.07, 6.45) is 1.85. The van der Waals surface area contributed by atoms with E-state index in [0.717, 1.165) is 32.9 Å². The molecule has 2 aromatic carbocycles. The minimum atomic E-state index is 0.531. The summed E-state index contributed by atoms with van der Waals surface area (Å²) in [6.45, 7) is 0. The molecular weight excluding hydrogens is 272 g/mol. The normalized spacial score (nSPS) is 11.1. The van der Waals surface area contributed by atoms with Gasteiger partial charge in [-0.3, -0.25) is 4.98 Å². The molecule has 2 heterocycles. The Hall–Kier alpha value is -3.14. The van der Waals surface area contributed by atoms with Crippen LogP contribution in [0.3, 0.4) is 0 Å². The van der Waals surface area contributed by atoms with Gasteiger partial charge in [-0.15, -0.1) is 0 Å². The fourth-order valence-electron chi connectivity index (χ4n) is 2.66. The maximum absolute atomic E-state index is 5.95. The topological polar surface area (TPSA) is 77.8 Å². The van der Waals surface area contributed by atoms with Gasteiger partial charge < -0.3 is 11.5 Å². The first kappa shape index (κ1) is 12.6. The highest BCUT2D eigenvalue weighted by atomic mass is 14.8. The molecule has 0 amide bonds. The zero-order valence-electron chi connectivity index (χ0n) is 11.8. The van der Waals surface area contributed by atoms with E-state index < -0.39 is 0 Å². The second-order valence-corrected chi connectivity index (χ2v) is 5.29. The standard InChI is InChI=1S/C18H14N4/c19-15-3-1-2-13-9-14(10-21-18(13)15)11-4-6-16-12(8-11)5-7-17(20)22-16/h1-10H,19H2,(H2,20,22). The van der Waals surface area contributed by atoms with Crippen LogP contribution in [0.4, 0.5) is 11.5 Å². The van der Waals surface area contributed by atoms with Gasteiger partial charge in [-0.05, 0) is 42.0 Å². The molecule has 0 radical (unpaired) electrons. The van der Waals surface area contributed by atoms with Crippen LogP contribution in [0.2, 0.25) is 0 Å². The third-order valence-corrected chi connectivity index (χ3v) is 3.79. The summed E-state index contributed by atoms with van der Waals surface area (Å²) < 4.78 is 0. The highest BCUT2D eigenvalue weighted by molar-refractivity contribution is 5.93. The molecule has 4 heteroatoms. The Kier molecular flexibility index (Phi) is 2.69. The molecule has 0 fully saturated rings. The van der Waals surface area contributed by atoms with E-state index in [2.05, 4.69) is 22.1 Å². The zero-order valence-corrected chi connectivity index (χ0v) is 11.8. The minimum Gasteiger partial charge on any atom is -0.397 e. The maximum Gasteiger partial charge on any atom is 0.124 e. The van der Waals surface area contributed by atoms with E-state index in [1.807, 2.05) is 48.7 Å². The molecule has 0 unspecified atom stereocenters. The highest BCUT2D eigenvalue weighted by Gasteiger charge is 2.05. The molecule has 0 saturated heterocycles. The Morgan fingerprint density at radius 3 is 2.55 bits per heavy atom. The van der Waals surface area contributed by atoms with Crippen LogP contribution < -0.4 is 11.5 Å². The van der Waals surface area contributed by atoms with Crippen molar-refractivity contribution in [2.75, 3.05) is 11.5 Å². The lowest BCUT2D eigenvalue weighted by molar-refractivity contribution is 1.40. The Morgan fingerprint density at radius 1 is 0.773 bits per heavy atom. The number of pyridine rings is 2. The summed E-state index contributed by atoms with van der Waals surface area (Å²) in [5.74, 6) is 0.531. The van der Waals surface area contributed by atoms with Crippen molar-refractivity contribution in [2.24, 2.45) is 0 Å². The van der Waals surface area contributed by atoms with Gasteiger partial charge >= 0.3 is 0 Å². The molecule has 0 atom stereocenters. The Bertz CT molecular complexity index is 1010. The summed E-state index contributed by atoms with van der Waals surface area (Å²) in [4.78, 5) is 8.81. The molecule has 4 rings (SSSR count). The molecule has 0 aliphatic rings. The van der Waals surface area contributed by atoms with Gasteiger partial charge in [-0.1, -0.05) is 18.2 Å². The lowest BCUT2D eigenvalue weighted by atomic mass is 10.0. The van der Waals surface area contributed by atoms with Crippen LogP contribution in [0.1, 0.15) is 0 Å². The van der Waals surface area contributed by atoms with Crippen LogP contribution in [0.25, 0.3) is 32.9 Å². The molecule has 4 N–H and O–H groups in total. The molecule has 0 bridgehead atoms. The number of benzene rings is 2. The monoisotopic (exact) mass is 286 g/mol. The predicted octanol–water partition coefficient (Wildman–Crippen LogP) is 3.61. The zero-order chi connectivity index (χ0) is 15.1. The molecule has 0 aliphatic carbocycles. The number of aromatic nitrogens is 2. The van der Waals surface area contributed by atoms with E-state index in [9.17, 15) is 0 Å². The van der Waals surface area contributed by atoms with Gasteiger partial charge in [0, 0.05) is 22.5 Å². The second kappa shape index (κ2) is 4.70. The summed E-state index contributed by atoms with van der Waals surface area (Å²) in [5.41, 5.74) is 16.2. The van der Waals surface area contributed by atoms with E-state index in [-0.39, 0.29) is 0 Å². The second-order valence-electron chi connectivity index (χ2n) is 5.29. The van der Waals surface area contributed by atoms with Crippen LogP contribution in [0, 0.1) is 0 Å². The van der Waals surface area contributed by atoms with Gasteiger partial charge in [0.15, 0.2) is 0 Å². The number of para-hydroxylation sites is 1. The first-order chi connectivity index (χ1) is 10.7. The van der Waals surface area contributed by atoms with Crippen molar-refractivity contribution in [3.8, 4) is 11.1 Å². The molecular formula is C18H14N4.